The van der Waals surface area contributed by atoms with Crippen LogP contribution in [0.25, 0.3) is 33.6 Å². The number of carbonyl (C=O) groups is 4. The summed E-state index contributed by atoms with van der Waals surface area (Å²) in [6.07, 6.45) is 4.76. The summed E-state index contributed by atoms with van der Waals surface area (Å²) in [6, 6.07) is 14.0. The molecule has 14 nitrogen and oxygen atoms in total. The first kappa shape index (κ1) is 34.1. The zero-order valence-corrected chi connectivity index (χ0v) is 31.2. The third-order valence-electron chi connectivity index (χ3n) is 10.3. The summed E-state index contributed by atoms with van der Waals surface area (Å²) in [7, 11) is -1.64. The molecule has 0 unspecified atom stereocenters. The van der Waals surface area contributed by atoms with Gasteiger partial charge in [0.05, 0.1) is 54.1 Å². The predicted molar refractivity (Wildman–Crippen MR) is 203 cm³/mol. The van der Waals surface area contributed by atoms with Gasteiger partial charge in [-0.1, -0.05) is 76.2 Å². The minimum atomic E-state index is -2.92. The molecule has 286 valence electrons. The van der Waals surface area contributed by atoms with Crippen molar-refractivity contribution in [1.82, 2.24) is 40.4 Å². The van der Waals surface area contributed by atoms with Crippen molar-refractivity contribution >= 4 is 24.0 Å². The molecule has 54 heavy (non-hydrogen) atoms. The molecule has 0 radical (unpaired) electrons. The fourth-order valence-electron chi connectivity index (χ4n) is 7.35. The Morgan fingerprint density at radius 2 is 1.07 bits per heavy atom. The van der Waals surface area contributed by atoms with Gasteiger partial charge in [-0.25, -0.2) is 19.6 Å². The molecule has 0 spiro atoms. The summed E-state index contributed by atoms with van der Waals surface area (Å²) >= 11 is 0. The van der Waals surface area contributed by atoms with Crippen molar-refractivity contribution in [1.29, 1.82) is 0 Å². The smallest absolute Gasteiger partial charge is 0.407 e. The van der Waals surface area contributed by atoms with Crippen molar-refractivity contribution in [3.05, 3.63) is 72.6 Å². The third kappa shape index (κ3) is 8.12. The van der Waals surface area contributed by atoms with Gasteiger partial charge in [0, 0.05) is 13.1 Å². The zero-order valence-electron chi connectivity index (χ0n) is 34.2. The molecule has 2 fully saturated rings. The second-order valence-electron chi connectivity index (χ2n) is 14.5. The Bertz CT molecular complexity index is 2050. The largest absolute Gasteiger partial charge is 0.453 e. The van der Waals surface area contributed by atoms with Crippen LogP contribution < -0.4 is 10.6 Å². The van der Waals surface area contributed by atoms with E-state index in [9.17, 15) is 19.2 Å². The van der Waals surface area contributed by atoms with Crippen LogP contribution in [0.2, 0.25) is 0 Å². The molecule has 14 heteroatoms. The molecule has 0 aliphatic carbocycles. The van der Waals surface area contributed by atoms with Crippen LogP contribution in [-0.4, -0.2) is 93.1 Å². The van der Waals surface area contributed by atoms with Crippen LogP contribution in [0.5, 0.6) is 0 Å². The normalized spacial score (nSPS) is 19.2. The number of nitrogens with zero attached hydrogens (tertiary/aromatic N) is 4. The lowest BCUT2D eigenvalue weighted by atomic mass is 10.0. The lowest BCUT2D eigenvalue weighted by Gasteiger charge is -2.30. The number of imidazole rings is 2. The average Bonchev–Trinajstić information content (AvgIpc) is 4.01. The van der Waals surface area contributed by atoms with E-state index in [2.05, 4.69) is 35.3 Å². The average molecular weight is 742 g/mol. The third-order valence-corrected chi connectivity index (χ3v) is 10.3. The lowest BCUT2D eigenvalue weighted by molar-refractivity contribution is -0.136. The number of alkyl carbamates (subject to hydrolysis) is 2. The molecule has 0 bridgehead atoms. The van der Waals surface area contributed by atoms with Gasteiger partial charge in [-0.2, -0.15) is 0 Å². The summed E-state index contributed by atoms with van der Waals surface area (Å²) in [6.45, 7) is 8.38. The number of ether oxygens (including phenoxy) is 2. The molecule has 2 aliphatic heterocycles. The van der Waals surface area contributed by atoms with Crippen LogP contribution in [0.4, 0.5) is 9.59 Å². The van der Waals surface area contributed by atoms with Crippen LogP contribution in [0.3, 0.4) is 0 Å². The Balaban J connectivity index is 1.10. The number of hydrogen-bond donors (Lipinski definition) is 4. The van der Waals surface area contributed by atoms with Gasteiger partial charge in [0.15, 0.2) is 0 Å². The topological polar surface area (TPSA) is 175 Å². The van der Waals surface area contributed by atoms with E-state index < -0.39 is 31.3 Å². The Hall–Kier alpha value is -5.66. The Kier molecular flexibility index (Phi) is 10.5. The first-order valence-corrected chi connectivity index (χ1v) is 18.4. The molecule has 2 aromatic heterocycles. The van der Waals surface area contributed by atoms with Crippen LogP contribution in [0.1, 0.15) is 81.2 Å². The van der Waals surface area contributed by atoms with Gasteiger partial charge < -0.3 is 39.9 Å². The standard InChI is InChI=1S/C40H50N8O6/c1-23(2)33(45-39(51)53-5)37(49)47-19-7-9-31(47)35-41-21-29(43-35)27-15-11-25(12-16-27)26-13-17-28(18-14-26)30-22-42-36(44-30)32-10-8-20-48(32)38(50)34(24(3)4)46-40(52)54-6/h11-18,21-24,31-34H,7-10,19-20H2,1-6H3,(H,41,43)(H,42,44)(H,45,51)(H,46,52)/t31-,32-,33-,34+/m1/s1/i5D3/t31-,32-,33+,34-. The molecule has 4 atom stereocenters. The number of amides is 4. The minimum Gasteiger partial charge on any atom is -0.453 e. The van der Waals surface area contributed by atoms with E-state index >= 15 is 0 Å². The van der Waals surface area contributed by atoms with Gasteiger partial charge in [0.2, 0.25) is 11.8 Å². The maximum Gasteiger partial charge on any atom is 0.407 e. The monoisotopic (exact) mass is 741 g/mol. The number of hydrogen-bond acceptors (Lipinski definition) is 8. The fourth-order valence-corrected chi connectivity index (χ4v) is 7.35. The first-order chi connectivity index (χ1) is 27.1. The number of nitrogens with one attached hydrogen (secondary N) is 4. The molecule has 0 saturated carbocycles. The molecule has 2 aliphatic rings. The minimum absolute atomic E-state index is 0.117. The van der Waals surface area contributed by atoms with E-state index in [4.69, 9.17) is 8.85 Å². The molecule has 4 N–H and O–H groups in total. The van der Waals surface area contributed by atoms with Crippen molar-refractivity contribution < 1.29 is 32.8 Å². The second kappa shape index (κ2) is 16.6. The molecule has 4 amide bonds. The summed E-state index contributed by atoms with van der Waals surface area (Å²) in [4.78, 5) is 70.9. The van der Waals surface area contributed by atoms with E-state index in [0.29, 0.717) is 31.2 Å². The summed E-state index contributed by atoms with van der Waals surface area (Å²) < 4.78 is 30.8. The number of rotatable bonds is 11. The lowest BCUT2D eigenvalue weighted by Crippen LogP contribution is -2.51. The van der Waals surface area contributed by atoms with E-state index in [1.165, 1.54) is 7.11 Å². The van der Waals surface area contributed by atoms with Gasteiger partial charge in [-0.3, -0.25) is 9.59 Å². The van der Waals surface area contributed by atoms with Crippen molar-refractivity contribution in [3.63, 3.8) is 0 Å². The predicted octanol–water partition coefficient (Wildman–Crippen LogP) is 6.22. The highest BCUT2D eigenvalue weighted by atomic mass is 16.5. The first-order valence-electron chi connectivity index (χ1n) is 19.9. The quantitative estimate of drug-likeness (QED) is 0.140. The van der Waals surface area contributed by atoms with Crippen LogP contribution in [0, 0.1) is 11.8 Å². The summed E-state index contributed by atoms with van der Waals surface area (Å²) in [5.74, 6) is 0.434. The van der Waals surface area contributed by atoms with E-state index in [0.717, 1.165) is 52.9 Å². The van der Waals surface area contributed by atoms with Gasteiger partial charge >= 0.3 is 12.2 Å². The van der Waals surface area contributed by atoms with E-state index in [1.807, 2.05) is 62.4 Å². The maximum absolute atomic E-state index is 13.6. The Morgan fingerprint density at radius 1 is 0.685 bits per heavy atom. The Labute approximate surface area is 319 Å². The van der Waals surface area contributed by atoms with E-state index in [1.54, 1.807) is 36.0 Å². The van der Waals surface area contributed by atoms with Gasteiger partial charge in [-0.15, -0.1) is 0 Å². The molecular formula is C40H50N8O6. The van der Waals surface area contributed by atoms with Gasteiger partial charge in [0.25, 0.3) is 0 Å². The number of H-pyrrole nitrogens is 2. The van der Waals surface area contributed by atoms with Gasteiger partial charge in [0.1, 0.15) is 23.7 Å². The molecule has 4 aromatic rings. The summed E-state index contributed by atoms with van der Waals surface area (Å²) in [5, 5.41) is 5.12. The molecule has 2 saturated heterocycles. The Morgan fingerprint density at radius 3 is 1.44 bits per heavy atom. The highest BCUT2D eigenvalue weighted by molar-refractivity contribution is 5.87. The zero-order chi connectivity index (χ0) is 41.0. The number of likely N-dealkylation sites (tertiary alicyclic amines) is 2. The SMILES string of the molecule is [2H]C([2H])([2H])OC(=O)N[C@H](C(=O)N1CCC[C@@H]1c1ncc(-c2ccc(-c3ccc(-c4cnc([C@H]5CCCN5C(=O)[C@H](NC(=O)OC)C(C)C)[nH]4)cc3)cc2)[nH]1)C(C)C. The number of carbonyl (C=O) groups excluding carboxylic acids is 4. The molecule has 4 heterocycles. The highest BCUT2D eigenvalue weighted by Gasteiger charge is 2.39. The highest BCUT2D eigenvalue weighted by Crippen LogP contribution is 2.35. The van der Waals surface area contributed by atoms with E-state index in [-0.39, 0.29) is 35.7 Å². The number of benzene rings is 2. The number of aromatic amines is 2. The maximum atomic E-state index is 13.6. The van der Waals surface area contributed by atoms with Crippen LogP contribution >= 0.6 is 0 Å². The van der Waals surface area contributed by atoms with Crippen molar-refractivity contribution in [2.45, 2.75) is 77.5 Å². The molecular weight excluding hydrogens is 688 g/mol. The second-order valence-corrected chi connectivity index (χ2v) is 14.5. The number of methoxy groups -OCH3 is 2. The fraction of sp³-hybridized carbons (Fsp3) is 0.450. The van der Waals surface area contributed by atoms with Crippen LogP contribution in [0.15, 0.2) is 60.9 Å². The van der Waals surface area contributed by atoms with Crippen LogP contribution in [-0.2, 0) is 19.1 Å². The van der Waals surface area contributed by atoms with Crippen molar-refractivity contribution in [2.24, 2.45) is 11.8 Å². The van der Waals surface area contributed by atoms with Crippen molar-refractivity contribution in [3.8, 4) is 33.6 Å². The molecule has 6 rings (SSSR count). The molecule has 2 aromatic carbocycles. The number of aromatic nitrogens is 4. The van der Waals surface area contributed by atoms with Gasteiger partial charge in [-0.05, 0) is 59.8 Å². The van der Waals surface area contributed by atoms with Crippen molar-refractivity contribution in [2.75, 3.05) is 27.2 Å². The summed E-state index contributed by atoms with van der Waals surface area (Å²) in [5.41, 5.74) is 5.55.